The third-order valence-corrected chi connectivity index (χ3v) is 3.60. The number of benzene rings is 2. The molecule has 0 radical (unpaired) electrons. The fraction of sp³-hybridized carbons (Fsp3) is 0.188. The molecule has 3 nitrogen and oxygen atoms in total. The van der Waals surface area contributed by atoms with Crippen molar-refractivity contribution < 1.29 is 9.53 Å². The molecular formula is C16H14Cl3NO2. The zero-order chi connectivity index (χ0) is 16.1. The first-order valence-electron chi connectivity index (χ1n) is 6.58. The van der Waals surface area contributed by atoms with Gasteiger partial charge in [0.2, 0.25) is 0 Å². The fourth-order valence-electron chi connectivity index (χ4n) is 1.90. The van der Waals surface area contributed by atoms with Gasteiger partial charge in [0.15, 0.2) is 6.61 Å². The van der Waals surface area contributed by atoms with Crippen molar-refractivity contribution >= 4 is 40.7 Å². The van der Waals surface area contributed by atoms with Gasteiger partial charge in [-0.3, -0.25) is 4.79 Å². The fourth-order valence-corrected chi connectivity index (χ4v) is 2.61. The van der Waals surface area contributed by atoms with Crippen LogP contribution < -0.4 is 10.1 Å². The van der Waals surface area contributed by atoms with E-state index in [2.05, 4.69) is 5.32 Å². The monoisotopic (exact) mass is 357 g/mol. The predicted octanol–water partition coefficient (Wildman–Crippen LogP) is 4.90. The first-order chi connectivity index (χ1) is 10.4. The normalized spacial score (nSPS) is 11.8. The van der Waals surface area contributed by atoms with Crippen LogP contribution in [-0.2, 0) is 4.79 Å². The van der Waals surface area contributed by atoms with Gasteiger partial charge in [-0.05, 0) is 42.8 Å². The molecule has 22 heavy (non-hydrogen) atoms. The molecule has 2 aromatic rings. The summed E-state index contributed by atoms with van der Waals surface area (Å²) in [5.41, 5.74) is 0.923. The van der Waals surface area contributed by atoms with Crippen LogP contribution in [0.3, 0.4) is 0 Å². The van der Waals surface area contributed by atoms with E-state index in [4.69, 9.17) is 39.5 Å². The van der Waals surface area contributed by atoms with Crippen molar-refractivity contribution in [3.8, 4) is 5.75 Å². The van der Waals surface area contributed by atoms with Crippen LogP contribution in [0.1, 0.15) is 18.5 Å². The third-order valence-electron chi connectivity index (χ3n) is 2.93. The van der Waals surface area contributed by atoms with Gasteiger partial charge in [-0.25, -0.2) is 0 Å². The maximum absolute atomic E-state index is 11.9. The maximum Gasteiger partial charge on any atom is 0.258 e. The molecule has 0 aliphatic heterocycles. The number of ether oxygens (including phenoxy) is 1. The topological polar surface area (TPSA) is 38.3 Å². The Morgan fingerprint density at radius 3 is 2.41 bits per heavy atom. The number of halogens is 3. The summed E-state index contributed by atoms with van der Waals surface area (Å²) < 4.78 is 5.38. The molecule has 0 aromatic heterocycles. The van der Waals surface area contributed by atoms with Crippen LogP contribution in [0.2, 0.25) is 15.1 Å². The molecule has 0 aliphatic rings. The van der Waals surface area contributed by atoms with Gasteiger partial charge in [-0.1, -0.05) is 46.9 Å². The summed E-state index contributed by atoms with van der Waals surface area (Å²) in [7, 11) is 0. The Morgan fingerprint density at radius 2 is 1.77 bits per heavy atom. The van der Waals surface area contributed by atoms with E-state index >= 15 is 0 Å². The van der Waals surface area contributed by atoms with Crippen molar-refractivity contribution in [1.82, 2.24) is 5.32 Å². The highest BCUT2D eigenvalue weighted by molar-refractivity contribution is 6.34. The number of amides is 1. The van der Waals surface area contributed by atoms with E-state index in [0.717, 1.165) is 5.56 Å². The van der Waals surface area contributed by atoms with Crippen LogP contribution in [-0.4, -0.2) is 12.5 Å². The number of carbonyl (C=O) groups excluding carboxylic acids is 1. The number of carbonyl (C=O) groups is 1. The van der Waals surface area contributed by atoms with Crippen LogP contribution in [0.5, 0.6) is 5.75 Å². The van der Waals surface area contributed by atoms with Crippen LogP contribution in [0.25, 0.3) is 0 Å². The lowest BCUT2D eigenvalue weighted by Crippen LogP contribution is -2.31. The predicted molar refractivity (Wildman–Crippen MR) is 90.0 cm³/mol. The van der Waals surface area contributed by atoms with E-state index in [0.29, 0.717) is 20.8 Å². The van der Waals surface area contributed by atoms with Gasteiger partial charge in [-0.15, -0.1) is 0 Å². The van der Waals surface area contributed by atoms with Crippen LogP contribution in [0.15, 0.2) is 42.5 Å². The molecule has 0 fully saturated rings. The van der Waals surface area contributed by atoms with Crippen molar-refractivity contribution in [2.45, 2.75) is 13.0 Å². The molecule has 0 saturated heterocycles. The molecule has 0 saturated carbocycles. The molecular weight excluding hydrogens is 345 g/mol. The second-order valence-corrected chi connectivity index (χ2v) is 6.05. The lowest BCUT2D eigenvalue weighted by Gasteiger charge is -2.15. The molecule has 2 rings (SSSR count). The molecule has 0 spiro atoms. The Kier molecular flexibility index (Phi) is 5.95. The second-order valence-electron chi connectivity index (χ2n) is 4.74. The van der Waals surface area contributed by atoms with Gasteiger partial charge < -0.3 is 10.1 Å². The Morgan fingerprint density at radius 1 is 1.09 bits per heavy atom. The van der Waals surface area contributed by atoms with E-state index < -0.39 is 0 Å². The smallest absolute Gasteiger partial charge is 0.258 e. The second kappa shape index (κ2) is 7.73. The molecule has 0 unspecified atom stereocenters. The third kappa shape index (κ3) is 5.09. The zero-order valence-corrected chi connectivity index (χ0v) is 14.0. The Balaban J connectivity index is 1.90. The van der Waals surface area contributed by atoms with Gasteiger partial charge in [-0.2, -0.15) is 0 Å². The molecule has 1 atom stereocenters. The minimum Gasteiger partial charge on any atom is -0.484 e. The number of rotatable bonds is 5. The van der Waals surface area contributed by atoms with Crippen molar-refractivity contribution in [3.05, 3.63) is 63.1 Å². The van der Waals surface area contributed by atoms with Crippen LogP contribution >= 0.6 is 34.8 Å². The summed E-state index contributed by atoms with van der Waals surface area (Å²) in [5.74, 6) is 0.201. The lowest BCUT2D eigenvalue weighted by atomic mass is 10.1. The summed E-state index contributed by atoms with van der Waals surface area (Å²) in [5, 5.41) is 4.37. The quantitative estimate of drug-likeness (QED) is 0.825. The number of hydrogen-bond donors (Lipinski definition) is 1. The van der Waals surface area contributed by atoms with Crippen molar-refractivity contribution in [2.24, 2.45) is 0 Å². The minimum atomic E-state index is -0.247. The van der Waals surface area contributed by atoms with Gasteiger partial charge in [0.25, 0.3) is 5.91 Å². The van der Waals surface area contributed by atoms with Crippen LogP contribution in [0, 0.1) is 0 Å². The Hall–Kier alpha value is -1.42. The average Bonchev–Trinajstić information content (AvgIpc) is 2.44. The molecule has 0 aliphatic carbocycles. The average molecular weight is 359 g/mol. The highest BCUT2D eigenvalue weighted by atomic mass is 35.5. The van der Waals surface area contributed by atoms with E-state index in [1.165, 1.54) is 0 Å². The summed E-state index contributed by atoms with van der Waals surface area (Å²) in [6.07, 6.45) is 0. The summed E-state index contributed by atoms with van der Waals surface area (Å²) in [6, 6.07) is 12.0. The highest BCUT2D eigenvalue weighted by Crippen LogP contribution is 2.24. The van der Waals surface area contributed by atoms with Gasteiger partial charge in [0, 0.05) is 15.1 Å². The summed E-state index contributed by atoms with van der Waals surface area (Å²) in [4.78, 5) is 11.9. The first kappa shape index (κ1) is 16.9. The first-order valence-corrected chi connectivity index (χ1v) is 7.71. The lowest BCUT2D eigenvalue weighted by molar-refractivity contribution is -0.123. The van der Waals surface area contributed by atoms with E-state index in [1.807, 2.05) is 25.1 Å². The van der Waals surface area contributed by atoms with Gasteiger partial charge in [0.1, 0.15) is 5.75 Å². The number of nitrogens with one attached hydrogen (secondary N) is 1. The highest BCUT2D eigenvalue weighted by Gasteiger charge is 2.11. The molecule has 116 valence electrons. The standard InChI is InChI=1S/C16H14Cl3NO2/c1-10(11-3-2-4-12(17)5-11)20-16(21)9-22-15-7-13(18)6-14(19)8-15/h2-8,10H,9H2,1H3,(H,20,21)/t10-/m1/s1. The van der Waals surface area contributed by atoms with E-state index in [-0.39, 0.29) is 18.6 Å². The van der Waals surface area contributed by atoms with Crippen molar-refractivity contribution in [1.29, 1.82) is 0 Å². The van der Waals surface area contributed by atoms with Crippen molar-refractivity contribution in [2.75, 3.05) is 6.61 Å². The minimum absolute atomic E-state index is 0.123. The summed E-state index contributed by atoms with van der Waals surface area (Å²) in [6.45, 7) is 1.75. The number of hydrogen-bond acceptors (Lipinski definition) is 2. The molecule has 1 amide bonds. The van der Waals surface area contributed by atoms with Crippen molar-refractivity contribution in [3.63, 3.8) is 0 Å². The summed E-state index contributed by atoms with van der Waals surface area (Å²) >= 11 is 17.7. The molecule has 0 heterocycles. The Bertz CT molecular complexity index is 656. The largest absolute Gasteiger partial charge is 0.484 e. The van der Waals surface area contributed by atoms with E-state index in [9.17, 15) is 4.79 Å². The molecule has 1 N–H and O–H groups in total. The van der Waals surface area contributed by atoms with Gasteiger partial charge in [0.05, 0.1) is 6.04 Å². The van der Waals surface area contributed by atoms with Gasteiger partial charge >= 0.3 is 0 Å². The molecule has 0 bridgehead atoms. The maximum atomic E-state index is 11.9. The zero-order valence-electron chi connectivity index (χ0n) is 11.8. The molecule has 2 aromatic carbocycles. The van der Waals surface area contributed by atoms with Crippen LogP contribution in [0.4, 0.5) is 0 Å². The molecule has 6 heteroatoms. The Labute approximate surface area is 144 Å². The van der Waals surface area contributed by atoms with E-state index in [1.54, 1.807) is 24.3 Å². The SMILES string of the molecule is C[C@@H](NC(=O)COc1cc(Cl)cc(Cl)c1)c1cccc(Cl)c1.